The number of aryl methyl sites for hydroxylation is 2. The Morgan fingerprint density at radius 2 is 1.74 bits per heavy atom. The highest BCUT2D eigenvalue weighted by Gasteiger charge is 2.17. The number of anilines is 1. The van der Waals surface area contributed by atoms with Crippen LogP contribution in [0.2, 0.25) is 0 Å². The molecule has 1 aliphatic rings. The Bertz CT molecular complexity index is 1060. The first-order valence-corrected chi connectivity index (χ1v) is 9.02. The zero-order chi connectivity index (χ0) is 15.4. The summed E-state index contributed by atoms with van der Waals surface area (Å²) >= 11 is 1.75. The van der Waals surface area contributed by atoms with Crippen molar-refractivity contribution in [3.05, 3.63) is 41.6 Å². The molecule has 3 aromatic heterocycles. The summed E-state index contributed by atoms with van der Waals surface area (Å²) < 4.78 is 1.21. The van der Waals surface area contributed by atoms with Crippen molar-refractivity contribution >= 4 is 48.4 Å². The minimum Gasteiger partial charge on any atom is -0.383 e. The Hall–Kier alpha value is -2.20. The first-order chi connectivity index (χ1) is 11.3. The highest BCUT2D eigenvalue weighted by Crippen LogP contribution is 2.39. The molecule has 5 rings (SSSR count). The van der Waals surface area contributed by atoms with E-state index in [2.05, 4.69) is 18.2 Å². The predicted molar refractivity (Wildman–Crippen MR) is 98.1 cm³/mol. The van der Waals surface area contributed by atoms with Gasteiger partial charge in [0.1, 0.15) is 10.6 Å². The molecule has 0 saturated carbocycles. The molecule has 3 nitrogen and oxygen atoms in total. The lowest BCUT2D eigenvalue weighted by atomic mass is 10.1. The molecule has 0 atom stereocenters. The van der Waals surface area contributed by atoms with Crippen LogP contribution in [0.4, 0.5) is 5.82 Å². The third-order valence-corrected chi connectivity index (χ3v) is 5.99. The normalized spacial score (nSPS) is 15.1. The van der Waals surface area contributed by atoms with E-state index in [1.165, 1.54) is 46.0 Å². The van der Waals surface area contributed by atoms with Crippen LogP contribution in [-0.4, -0.2) is 9.97 Å². The second-order valence-corrected chi connectivity index (χ2v) is 7.33. The summed E-state index contributed by atoms with van der Waals surface area (Å²) in [5.74, 6) is 0.614. The summed E-state index contributed by atoms with van der Waals surface area (Å²) in [6.07, 6.45) is 6.07. The van der Waals surface area contributed by atoms with E-state index in [4.69, 9.17) is 15.7 Å². The molecule has 1 aromatic carbocycles. The summed E-state index contributed by atoms with van der Waals surface area (Å²) in [5.41, 5.74) is 9.92. The maximum absolute atomic E-state index is 6.21. The van der Waals surface area contributed by atoms with Crippen molar-refractivity contribution < 1.29 is 0 Å². The fourth-order valence-corrected chi connectivity index (χ4v) is 4.84. The molecule has 0 saturated heterocycles. The summed E-state index contributed by atoms with van der Waals surface area (Å²) in [5, 5.41) is 3.39. The van der Waals surface area contributed by atoms with Gasteiger partial charge in [-0.25, -0.2) is 9.97 Å². The van der Waals surface area contributed by atoms with Gasteiger partial charge in [-0.3, -0.25) is 0 Å². The van der Waals surface area contributed by atoms with Gasteiger partial charge in [0.25, 0.3) is 0 Å². The summed E-state index contributed by atoms with van der Waals surface area (Å²) in [7, 11) is 0. The zero-order valence-corrected chi connectivity index (χ0v) is 13.6. The fourth-order valence-electron chi connectivity index (χ4n) is 3.68. The maximum atomic E-state index is 6.21. The standard InChI is InChI=1S/C19H17N3S/c20-18-13-8-5-4-7-12(13)17-16(22-18)14-10-11-6-2-1-3-9-15(11)21-19(14)23-17/h4-5,7-8,10H,1-3,6,9H2,(H2,20,22). The Morgan fingerprint density at radius 3 is 2.65 bits per heavy atom. The van der Waals surface area contributed by atoms with E-state index in [0.29, 0.717) is 5.82 Å². The van der Waals surface area contributed by atoms with E-state index in [0.717, 1.165) is 28.6 Å². The number of hydrogen-bond acceptors (Lipinski definition) is 4. The summed E-state index contributed by atoms with van der Waals surface area (Å²) in [4.78, 5) is 10.8. The number of pyridine rings is 2. The molecule has 0 fully saturated rings. The van der Waals surface area contributed by atoms with Crippen molar-refractivity contribution in [3.8, 4) is 0 Å². The molecule has 4 heteroatoms. The van der Waals surface area contributed by atoms with Crippen molar-refractivity contribution in [2.75, 3.05) is 5.73 Å². The monoisotopic (exact) mass is 319 g/mol. The number of thiophene rings is 1. The predicted octanol–water partition coefficient (Wildman–Crippen LogP) is 4.85. The Kier molecular flexibility index (Phi) is 2.82. The van der Waals surface area contributed by atoms with Crippen LogP contribution in [0, 0.1) is 0 Å². The third-order valence-electron chi connectivity index (χ3n) is 4.86. The van der Waals surface area contributed by atoms with Crippen molar-refractivity contribution in [2.24, 2.45) is 0 Å². The van der Waals surface area contributed by atoms with Gasteiger partial charge in [-0.1, -0.05) is 30.7 Å². The van der Waals surface area contributed by atoms with E-state index in [1.54, 1.807) is 11.3 Å². The highest BCUT2D eigenvalue weighted by molar-refractivity contribution is 7.26. The molecule has 1 aliphatic carbocycles. The van der Waals surface area contributed by atoms with Crippen LogP contribution in [0.25, 0.3) is 31.2 Å². The quantitative estimate of drug-likeness (QED) is 0.471. The molecule has 4 aromatic rings. The number of rotatable bonds is 0. The minimum absolute atomic E-state index is 0.614. The topological polar surface area (TPSA) is 51.8 Å². The highest BCUT2D eigenvalue weighted by atomic mass is 32.1. The number of nitrogens with zero attached hydrogens (tertiary/aromatic N) is 2. The van der Waals surface area contributed by atoms with Gasteiger partial charge in [0.05, 0.1) is 10.2 Å². The smallest absolute Gasteiger partial charge is 0.132 e. The van der Waals surface area contributed by atoms with Crippen molar-refractivity contribution in [3.63, 3.8) is 0 Å². The van der Waals surface area contributed by atoms with Crippen molar-refractivity contribution in [1.82, 2.24) is 9.97 Å². The van der Waals surface area contributed by atoms with Gasteiger partial charge < -0.3 is 5.73 Å². The SMILES string of the molecule is Nc1nc2c3cc4c(nc3sc2c2ccccc12)CCCCC4. The van der Waals surface area contributed by atoms with Crippen molar-refractivity contribution in [1.29, 1.82) is 0 Å². The average molecular weight is 319 g/mol. The van der Waals surface area contributed by atoms with Crippen LogP contribution in [-0.2, 0) is 12.8 Å². The summed E-state index contributed by atoms with van der Waals surface area (Å²) in [6.45, 7) is 0. The molecule has 0 radical (unpaired) electrons. The van der Waals surface area contributed by atoms with Crippen LogP contribution >= 0.6 is 11.3 Å². The van der Waals surface area contributed by atoms with Crippen LogP contribution in [0.1, 0.15) is 30.5 Å². The number of hydrogen-bond donors (Lipinski definition) is 1. The molecule has 0 unspecified atom stereocenters. The van der Waals surface area contributed by atoms with E-state index >= 15 is 0 Å². The lowest BCUT2D eigenvalue weighted by Gasteiger charge is -2.05. The van der Waals surface area contributed by atoms with Gasteiger partial charge in [-0.05, 0) is 37.3 Å². The first kappa shape index (κ1) is 13.3. The molecule has 0 bridgehead atoms. The Balaban J connectivity index is 1.91. The molecule has 0 aliphatic heterocycles. The Morgan fingerprint density at radius 1 is 0.913 bits per heavy atom. The molecular weight excluding hydrogens is 302 g/mol. The lowest BCUT2D eigenvalue weighted by molar-refractivity contribution is 0.709. The van der Waals surface area contributed by atoms with Gasteiger partial charge in [-0.15, -0.1) is 11.3 Å². The second-order valence-electron chi connectivity index (χ2n) is 6.33. The first-order valence-electron chi connectivity index (χ1n) is 8.20. The minimum atomic E-state index is 0.614. The third kappa shape index (κ3) is 1.94. The Labute approximate surface area is 138 Å². The number of nitrogens with two attached hydrogens (primary N) is 1. The van der Waals surface area contributed by atoms with Gasteiger partial charge >= 0.3 is 0 Å². The van der Waals surface area contributed by atoms with E-state index in [9.17, 15) is 0 Å². The molecular formula is C19H17N3S. The van der Waals surface area contributed by atoms with Crippen LogP contribution < -0.4 is 5.73 Å². The molecule has 3 heterocycles. The van der Waals surface area contributed by atoms with Gasteiger partial charge in [0.2, 0.25) is 0 Å². The molecule has 23 heavy (non-hydrogen) atoms. The second kappa shape index (κ2) is 4.90. The zero-order valence-electron chi connectivity index (χ0n) is 12.8. The molecule has 2 N–H and O–H groups in total. The average Bonchev–Trinajstić information content (AvgIpc) is 2.76. The van der Waals surface area contributed by atoms with E-state index in [1.807, 2.05) is 12.1 Å². The number of benzene rings is 1. The lowest BCUT2D eigenvalue weighted by Crippen LogP contribution is -1.95. The fraction of sp³-hybridized carbons (Fsp3) is 0.263. The van der Waals surface area contributed by atoms with Gasteiger partial charge in [-0.2, -0.15) is 0 Å². The summed E-state index contributed by atoms with van der Waals surface area (Å²) in [6, 6.07) is 10.6. The number of aromatic nitrogens is 2. The number of fused-ring (bicyclic) bond motifs is 6. The van der Waals surface area contributed by atoms with E-state index < -0.39 is 0 Å². The molecule has 0 amide bonds. The van der Waals surface area contributed by atoms with Gasteiger partial charge in [0.15, 0.2) is 0 Å². The number of nitrogen functional groups attached to an aromatic ring is 1. The van der Waals surface area contributed by atoms with Gasteiger partial charge in [0, 0.05) is 21.9 Å². The molecule has 114 valence electrons. The largest absolute Gasteiger partial charge is 0.383 e. The van der Waals surface area contributed by atoms with Crippen molar-refractivity contribution in [2.45, 2.75) is 32.1 Å². The molecule has 0 spiro atoms. The van der Waals surface area contributed by atoms with Crippen LogP contribution in [0.3, 0.4) is 0 Å². The van der Waals surface area contributed by atoms with E-state index in [-0.39, 0.29) is 0 Å². The maximum Gasteiger partial charge on any atom is 0.132 e. The van der Waals surface area contributed by atoms with Crippen LogP contribution in [0.15, 0.2) is 30.3 Å². The van der Waals surface area contributed by atoms with Crippen LogP contribution in [0.5, 0.6) is 0 Å².